The Morgan fingerprint density at radius 1 is 1.00 bits per heavy atom. The van der Waals surface area contributed by atoms with Gasteiger partial charge in [0.25, 0.3) is 0 Å². The van der Waals surface area contributed by atoms with Gasteiger partial charge in [0.15, 0.2) is 0 Å². The van der Waals surface area contributed by atoms with Crippen LogP contribution < -0.4 is 4.90 Å². The second kappa shape index (κ2) is 10.0. The predicted octanol–water partition coefficient (Wildman–Crippen LogP) is 4.04. The minimum absolute atomic E-state index is 0.0356. The lowest BCUT2D eigenvalue weighted by atomic mass is 9.86. The summed E-state index contributed by atoms with van der Waals surface area (Å²) in [5.74, 6) is 0.0650. The third kappa shape index (κ3) is 4.88. The smallest absolute Gasteiger partial charge is 0.412 e. The Bertz CT molecular complexity index is 913. The van der Waals surface area contributed by atoms with Gasteiger partial charge >= 0.3 is 12.1 Å². The van der Waals surface area contributed by atoms with Crippen LogP contribution in [-0.2, 0) is 11.2 Å². The summed E-state index contributed by atoms with van der Waals surface area (Å²) in [5.41, 5.74) is 3.04. The SMILES string of the molecule is CCc1ccc(C2CC(N(C(=O)O)c3ccccc3)CN(C(=O)N3CCOCC3)C2)cc1. The Labute approximate surface area is 189 Å². The highest BCUT2D eigenvalue weighted by molar-refractivity contribution is 5.87. The summed E-state index contributed by atoms with van der Waals surface area (Å²) in [6.07, 6.45) is 0.636. The van der Waals surface area contributed by atoms with Gasteiger partial charge in [0.05, 0.1) is 19.3 Å². The van der Waals surface area contributed by atoms with E-state index in [2.05, 4.69) is 31.2 Å². The molecule has 2 fully saturated rings. The lowest BCUT2D eigenvalue weighted by Gasteiger charge is -2.43. The molecule has 2 aliphatic heterocycles. The van der Waals surface area contributed by atoms with Crippen molar-refractivity contribution in [2.75, 3.05) is 44.3 Å². The van der Waals surface area contributed by atoms with Crippen LogP contribution in [0.4, 0.5) is 15.3 Å². The molecule has 7 nitrogen and oxygen atoms in total. The van der Waals surface area contributed by atoms with Crippen LogP contribution in [0.5, 0.6) is 0 Å². The Hall–Kier alpha value is -3.06. The van der Waals surface area contributed by atoms with E-state index >= 15 is 0 Å². The average molecular weight is 438 g/mol. The van der Waals surface area contributed by atoms with Crippen molar-refractivity contribution in [2.24, 2.45) is 0 Å². The van der Waals surface area contributed by atoms with Crippen molar-refractivity contribution in [3.63, 3.8) is 0 Å². The molecule has 4 rings (SSSR count). The quantitative estimate of drug-likeness (QED) is 0.783. The Morgan fingerprint density at radius 3 is 2.31 bits per heavy atom. The summed E-state index contributed by atoms with van der Waals surface area (Å²) < 4.78 is 5.40. The fourth-order valence-electron chi connectivity index (χ4n) is 4.70. The van der Waals surface area contributed by atoms with E-state index in [0.29, 0.717) is 51.5 Å². The summed E-state index contributed by atoms with van der Waals surface area (Å²) in [4.78, 5) is 30.7. The molecule has 32 heavy (non-hydrogen) atoms. The van der Waals surface area contributed by atoms with Crippen molar-refractivity contribution in [3.05, 3.63) is 65.7 Å². The number of amides is 3. The van der Waals surface area contributed by atoms with E-state index in [4.69, 9.17) is 4.74 Å². The van der Waals surface area contributed by atoms with E-state index in [0.717, 1.165) is 12.0 Å². The first-order valence-electron chi connectivity index (χ1n) is 11.3. The van der Waals surface area contributed by atoms with Gasteiger partial charge in [-0.2, -0.15) is 0 Å². The second-order valence-electron chi connectivity index (χ2n) is 8.46. The number of piperidine rings is 1. The van der Waals surface area contributed by atoms with Crippen LogP contribution in [0.25, 0.3) is 0 Å². The van der Waals surface area contributed by atoms with Gasteiger partial charge in [0.2, 0.25) is 0 Å². The molecule has 2 saturated heterocycles. The maximum atomic E-state index is 13.3. The first-order valence-corrected chi connectivity index (χ1v) is 11.3. The molecule has 2 aromatic carbocycles. The van der Waals surface area contributed by atoms with Crippen LogP contribution in [-0.4, -0.2) is 72.5 Å². The van der Waals surface area contributed by atoms with Crippen molar-refractivity contribution in [2.45, 2.75) is 31.7 Å². The van der Waals surface area contributed by atoms with Crippen molar-refractivity contribution in [1.82, 2.24) is 9.80 Å². The number of urea groups is 1. The van der Waals surface area contributed by atoms with Gasteiger partial charge in [-0.05, 0) is 36.1 Å². The third-order valence-electron chi connectivity index (χ3n) is 6.45. The Kier molecular flexibility index (Phi) is 6.95. The largest absolute Gasteiger partial charge is 0.465 e. The molecule has 0 bridgehead atoms. The number of likely N-dealkylation sites (tertiary alicyclic amines) is 1. The third-order valence-corrected chi connectivity index (χ3v) is 6.45. The van der Waals surface area contributed by atoms with E-state index in [1.54, 1.807) is 0 Å². The number of nitrogens with zero attached hydrogens (tertiary/aromatic N) is 3. The molecule has 2 aromatic rings. The van der Waals surface area contributed by atoms with Crippen LogP contribution >= 0.6 is 0 Å². The zero-order valence-electron chi connectivity index (χ0n) is 18.5. The van der Waals surface area contributed by atoms with Crippen molar-refractivity contribution >= 4 is 17.8 Å². The van der Waals surface area contributed by atoms with Crippen LogP contribution in [0.1, 0.15) is 30.4 Å². The summed E-state index contributed by atoms with van der Waals surface area (Å²) in [6, 6.07) is 17.3. The van der Waals surface area contributed by atoms with E-state index in [9.17, 15) is 14.7 Å². The molecule has 0 aliphatic carbocycles. The second-order valence-corrected chi connectivity index (χ2v) is 8.46. The number of anilines is 1. The fourth-order valence-corrected chi connectivity index (χ4v) is 4.70. The van der Waals surface area contributed by atoms with Gasteiger partial charge in [-0.1, -0.05) is 49.4 Å². The fraction of sp³-hybridized carbons (Fsp3) is 0.440. The summed E-state index contributed by atoms with van der Waals surface area (Å²) in [7, 11) is 0. The summed E-state index contributed by atoms with van der Waals surface area (Å²) in [6.45, 7) is 5.29. The van der Waals surface area contributed by atoms with Crippen molar-refractivity contribution < 1.29 is 19.4 Å². The number of ether oxygens (including phenoxy) is 1. The average Bonchev–Trinajstić information content (AvgIpc) is 2.84. The number of aryl methyl sites for hydroxylation is 1. The van der Waals surface area contributed by atoms with Crippen LogP contribution in [0.2, 0.25) is 0 Å². The Morgan fingerprint density at radius 2 is 1.69 bits per heavy atom. The number of benzene rings is 2. The van der Waals surface area contributed by atoms with Crippen LogP contribution in [0, 0.1) is 0 Å². The molecule has 2 atom stereocenters. The van der Waals surface area contributed by atoms with Crippen molar-refractivity contribution in [3.8, 4) is 0 Å². The summed E-state index contributed by atoms with van der Waals surface area (Å²) in [5, 5.41) is 10.1. The molecule has 0 radical (unpaired) electrons. The molecule has 7 heteroatoms. The number of hydrogen-bond donors (Lipinski definition) is 1. The zero-order chi connectivity index (χ0) is 22.5. The topological polar surface area (TPSA) is 73.3 Å². The molecule has 1 N–H and O–H groups in total. The molecular formula is C25H31N3O4. The Balaban J connectivity index is 1.63. The lowest BCUT2D eigenvalue weighted by Crippen LogP contribution is -2.57. The molecule has 170 valence electrons. The minimum atomic E-state index is -0.998. The number of carboxylic acid groups (broad SMARTS) is 1. The first kappa shape index (κ1) is 22.1. The van der Waals surface area contributed by atoms with Crippen LogP contribution in [0.15, 0.2) is 54.6 Å². The number of carbonyl (C=O) groups excluding carboxylic acids is 1. The highest BCUT2D eigenvalue weighted by atomic mass is 16.5. The molecule has 2 heterocycles. The number of carbonyl (C=O) groups is 2. The molecule has 2 aliphatic rings. The lowest BCUT2D eigenvalue weighted by molar-refractivity contribution is 0.0398. The maximum Gasteiger partial charge on any atom is 0.412 e. The van der Waals surface area contributed by atoms with Gasteiger partial charge in [0.1, 0.15) is 0 Å². The standard InChI is InChI=1S/C25H31N3O4/c1-2-19-8-10-20(11-9-19)21-16-23(28(25(30)31)22-6-4-3-5-7-22)18-27(17-21)24(29)26-12-14-32-15-13-26/h3-11,21,23H,2,12-18H2,1H3,(H,30,31). The molecule has 2 unspecified atom stereocenters. The highest BCUT2D eigenvalue weighted by Gasteiger charge is 2.38. The van der Waals surface area contributed by atoms with Gasteiger partial charge in [0, 0.05) is 37.8 Å². The van der Waals surface area contributed by atoms with Gasteiger partial charge in [-0.15, -0.1) is 0 Å². The molecule has 0 saturated carbocycles. The first-order chi connectivity index (χ1) is 15.6. The van der Waals surface area contributed by atoms with Gasteiger partial charge < -0.3 is 19.6 Å². The number of para-hydroxylation sites is 1. The van der Waals surface area contributed by atoms with Gasteiger partial charge in [-0.3, -0.25) is 4.90 Å². The van der Waals surface area contributed by atoms with Crippen LogP contribution in [0.3, 0.4) is 0 Å². The van der Waals surface area contributed by atoms with Gasteiger partial charge in [-0.25, -0.2) is 9.59 Å². The maximum absolute atomic E-state index is 13.3. The van der Waals surface area contributed by atoms with E-state index in [-0.39, 0.29) is 18.0 Å². The zero-order valence-corrected chi connectivity index (χ0v) is 18.5. The monoisotopic (exact) mass is 437 g/mol. The van der Waals surface area contributed by atoms with E-state index in [1.807, 2.05) is 40.1 Å². The molecule has 0 spiro atoms. The summed E-state index contributed by atoms with van der Waals surface area (Å²) >= 11 is 0. The number of morpholine rings is 1. The van der Waals surface area contributed by atoms with E-state index < -0.39 is 6.09 Å². The predicted molar refractivity (Wildman–Crippen MR) is 123 cm³/mol. The highest BCUT2D eigenvalue weighted by Crippen LogP contribution is 2.32. The van der Waals surface area contributed by atoms with Crippen molar-refractivity contribution in [1.29, 1.82) is 0 Å². The van der Waals surface area contributed by atoms with E-state index in [1.165, 1.54) is 10.5 Å². The molecular weight excluding hydrogens is 406 g/mol. The number of hydrogen-bond acceptors (Lipinski definition) is 3. The number of rotatable bonds is 4. The molecule has 0 aromatic heterocycles. The normalized spacial score (nSPS) is 21.3. The molecule has 3 amide bonds. The minimum Gasteiger partial charge on any atom is -0.465 e.